The first-order valence-electron chi connectivity index (χ1n) is 10.1. The third kappa shape index (κ3) is 3.50. The first kappa shape index (κ1) is 18.2. The fraction of sp³-hybridized carbons (Fsp3) is 0.571. The molecule has 1 aliphatic carbocycles. The Balaban J connectivity index is 1.52. The summed E-state index contributed by atoms with van der Waals surface area (Å²) in [5.74, 6) is 0.402. The van der Waals surface area contributed by atoms with Gasteiger partial charge in [0.2, 0.25) is 11.8 Å². The minimum atomic E-state index is -0.238. The largest absolute Gasteiger partial charge is 0.326 e. The van der Waals surface area contributed by atoms with E-state index in [1.165, 1.54) is 48.8 Å². The lowest BCUT2D eigenvalue weighted by atomic mass is 9.77. The van der Waals surface area contributed by atoms with E-state index < -0.39 is 0 Å². The number of benzene rings is 1. The van der Waals surface area contributed by atoms with E-state index in [0.717, 1.165) is 18.9 Å². The molecule has 0 aromatic heterocycles. The number of quaternary nitrogens is 1. The molecule has 1 saturated carbocycles. The summed E-state index contributed by atoms with van der Waals surface area (Å²) < 4.78 is 0. The Kier molecular flexibility index (Phi) is 5.00. The molecule has 2 aliphatic heterocycles. The monoisotopic (exact) mass is 370 g/mol. The zero-order valence-corrected chi connectivity index (χ0v) is 15.9. The van der Waals surface area contributed by atoms with Gasteiger partial charge in [0.1, 0.15) is 0 Å². The maximum absolute atomic E-state index is 13.2. The Morgan fingerprint density at radius 3 is 2.52 bits per heavy atom. The van der Waals surface area contributed by atoms with Crippen molar-refractivity contribution in [3.63, 3.8) is 0 Å². The number of rotatable bonds is 3. The summed E-state index contributed by atoms with van der Waals surface area (Å²) >= 11 is 0. The summed E-state index contributed by atoms with van der Waals surface area (Å²) in [5.41, 5.74) is 1.26. The van der Waals surface area contributed by atoms with Gasteiger partial charge in [0.05, 0.1) is 24.7 Å². The second-order valence-corrected chi connectivity index (χ2v) is 8.17. The minimum Gasteiger partial charge on any atom is -0.326 e. The van der Waals surface area contributed by atoms with Gasteiger partial charge in [0, 0.05) is 18.5 Å². The molecule has 0 radical (unpaired) electrons. The van der Waals surface area contributed by atoms with Crippen molar-refractivity contribution in [1.82, 2.24) is 0 Å². The summed E-state index contributed by atoms with van der Waals surface area (Å²) in [6, 6.07) is 7.23. The fourth-order valence-electron chi connectivity index (χ4n) is 5.32. The highest BCUT2D eigenvalue weighted by Crippen LogP contribution is 2.30. The Morgan fingerprint density at radius 2 is 1.78 bits per heavy atom. The molecule has 3 aliphatic rings. The van der Waals surface area contributed by atoms with Crippen LogP contribution in [-0.2, 0) is 14.4 Å². The van der Waals surface area contributed by atoms with Crippen LogP contribution in [0.15, 0.2) is 24.3 Å². The van der Waals surface area contributed by atoms with Gasteiger partial charge >= 0.3 is 0 Å². The Morgan fingerprint density at radius 1 is 1.07 bits per heavy atom. The molecule has 1 aromatic rings. The predicted octanol–water partition coefficient (Wildman–Crippen LogP) is 1.51. The zero-order chi connectivity index (χ0) is 19.0. The molecule has 3 amide bonds. The molecule has 3 fully saturated rings. The minimum absolute atomic E-state index is 0.0616. The molecule has 2 heterocycles. The highest BCUT2D eigenvalue weighted by atomic mass is 16.2. The molecule has 4 atom stereocenters. The molecule has 0 spiro atoms. The molecule has 144 valence electrons. The number of hydrogen-bond donors (Lipinski definition) is 2. The lowest BCUT2D eigenvalue weighted by molar-refractivity contribution is -0.950. The van der Waals surface area contributed by atoms with Crippen LogP contribution in [0.25, 0.3) is 0 Å². The SMILES string of the molecule is CC(=O)Nc1ccc(N2C(=O)C[C@H]([NH+]3CCC[C@H]4CCCC[C@@H]43)C2=O)cc1. The average molecular weight is 370 g/mol. The summed E-state index contributed by atoms with van der Waals surface area (Å²) in [7, 11) is 0. The highest BCUT2D eigenvalue weighted by molar-refractivity contribution is 6.21. The van der Waals surface area contributed by atoms with Crippen LogP contribution in [0, 0.1) is 5.92 Å². The number of nitrogens with zero attached hydrogens (tertiary/aromatic N) is 1. The van der Waals surface area contributed by atoms with Gasteiger partial charge in [-0.25, -0.2) is 4.90 Å². The molecular formula is C21H28N3O3+. The van der Waals surface area contributed by atoms with Gasteiger partial charge < -0.3 is 10.2 Å². The van der Waals surface area contributed by atoms with E-state index in [-0.39, 0.29) is 23.8 Å². The summed E-state index contributed by atoms with van der Waals surface area (Å²) in [6.07, 6.45) is 7.75. The molecule has 6 heteroatoms. The van der Waals surface area contributed by atoms with Crippen molar-refractivity contribution in [3.05, 3.63) is 24.3 Å². The summed E-state index contributed by atoms with van der Waals surface area (Å²) in [6.45, 7) is 2.45. The Hall–Kier alpha value is -2.21. The number of nitrogens with one attached hydrogen (secondary N) is 2. The predicted molar refractivity (Wildman–Crippen MR) is 102 cm³/mol. The molecular weight excluding hydrogens is 342 g/mol. The van der Waals surface area contributed by atoms with Gasteiger partial charge in [-0.3, -0.25) is 14.4 Å². The zero-order valence-electron chi connectivity index (χ0n) is 15.9. The maximum atomic E-state index is 13.2. The van der Waals surface area contributed by atoms with Gasteiger partial charge in [-0.1, -0.05) is 6.42 Å². The second-order valence-electron chi connectivity index (χ2n) is 8.17. The first-order chi connectivity index (χ1) is 13.0. The Bertz CT molecular complexity index is 744. The van der Waals surface area contributed by atoms with Crippen LogP contribution in [0.4, 0.5) is 11.4 Å². The van der Waals surface area contributed by atoms with Crippen molar-refractivity contribution < 1.29 is 19.3 Å². The van der Waals surface area contributed by atoms with E-state index >= 15 is 0 Å². The van der Waals surface area contributed by atoms with Crippen molar-refractivity contribution in [2.24, 2.45) is 5.92 Å². The van der Waals surface area contributed by atoms with E-state index in [4.69, 9.17) is 0 Å². The van der Waals surface area contributed by atoms with Crippen molar-refractivity contribution >= 4 is 29.1 Å². The lowest BCUT2D eigenvalue weighted by Crippen LogP contribution is -3.21. The number of piperidine rings is 1. The van der Waals surface area contributed by atoms with E-state index in [1.54, 1.807) is 24.3 Å². The van der Waals surface area contributed by atoms with Crippen LogP contribution in [0.1, 0.15) is 51.9 Å². The van der Waals surface area contributed by atoms with Crippen molar-refractivity contribution in [2.75, 3.05) is 16.8 Å². The highest BCUT2D eigenvalue weighted by Gasteiger charge is 2.50. The first-order valence-corrected chi connectivity index (χ1v) is 10.1. The fourth-order valence-corrected chi connectivity index (χ4v) is 5.32. The van der Waals surface area contributed by atoms with Crippen LogP contribution in [0.5, 0.6) is 0 Å². The van der Waals surface area contributed by atoms with Gasteiger partial charge in [0.15, 0.2) is 6.04 Å². The van der Waals surface area contributed by atoms with Gasteiger partial charge in [0.25, 0.3) is 5.91 Å². The van der Waals surface area contributed by atoms with E-state index in [9.17, 15) is 14.4 Å². The van der Waals surface area contributed by atoms with E-state index in [1.807, 2.05) is 0 Å². The van der Waals surface area contributed by atoms with Gasteiger partial charge in [-0.05, 0) is 56.4 Å². The number of anilines is 2. The van der Waals surface area contributed by atoms with Crippen LogP contribution in [0.3, 0.4) is 0 Å². The number of fused-ring (bicyclic) bond motifs is 1. The van der Waals surface area contributed by atoms with Crippen molar-refractivity contribution in [3.8, 4) is 0 Å². The van der Waals surface area contributed by atoms with E-state index in [0.29, 0.717) is 23.8 Å². The Labute approximate surface area is 159 Å². The third-order valence-corrected chi connectivity index (χ3v) is 6.47. The smallest absolute Gasteiger partial charge is 0.292 e. The van der Waals surface area contributed by atoms with Gasteiger partial charge in [-0.2, -0.15) is 0 Å². The molecule has 27 heavy (non-hydrogen) atoms. The molecule has 4 rings (SSSR count). The second kappa shape index (κ2) is 7.43. The van der Waals surface area contributed by atoms with Crippen LogP contribution >= 0.6 is 0 Å². The van der Waals surface area contributed by atoms with Gasteiger partial charge in [-0.15, -0.1) is 0 Å². The number of carbonyl (C=O) groups is 3. The molecule has 2 N–H and O–H groups in total. The number of amides is 3. The maximum Gasteiger partial charge on any atom is 0.292 e. The summed E-state index contributed by atoms with van der Waals surface area (Å²) in [5, 5.41) is 2.71. The standard InChI is InChI=1S/C21H27N3O3/c1-14(25)22-16-8-10-17(11-9-16)24-20(26)13-19(21(24)27)23-12-4-6-15-5-2-3-7-18(15)23/h8-11,15,18-19H,2-7,12-13H2,1H3,(H,22,25)/p+1/t15-,18+,19+/m1/s1. The van der Waals surface area contributed by atoms with Crippen LogP contribution in [0.2, 0.25) is 0 Å². The quantitative estimate of drug-likeness (QED) is 0.793. The molecule has 2 saturated heterocycles. The van der Waals surface area contributed by atoms with Crippen LogP contribution in [-0.4, -0.2) is 36.3 Å². The normalized spacial score (nSPS) is 30.9. The lowest BCUT2D eigenvalue weighted by Gasteiger charge is -2.43. The number of likely N-dealkylation sites (tertiary alicyclic amines) is 1. The number of carbonyl (C=O) groups excluding carboxylic acids is 3. The summed E-state index contributed by atoms with van der Waals surface area (Å²) in [4.78, 5) is 39.7. The van der Waals surface area contributed by atoms with Crippen molar-refractivity contribution in [1.29, 1.82) is 0 Å². The van der Waals surface area contributed by atoms with Crippen molar-refractivity contribution in [2.45, 2.75) is 64.0 Å². The number of imide groups is 1. The molecule has 1 aromatic carbocycles. The average Bonchev–Trinajstić information content (AvgIpc) is 2.96. The molecule has 0 bridgehead atoms. The molecule has 1 unspecified atom stereocenters. The molecule has 6 nitrogen and oxygen atoms in total. The number of hydrogen-bond acceptors (Lipinski definition) is 3. The third-order valence-electron chi connectivity index (χ3n) is 6.47. The topological polar surface area (TPSA) is 70.9 Å². The van der Waals surface area contributed by atoms with E-state index in [2.05, 4.69) is 5.32 Å². The van der Waals surface area contributed by atoms with Crippen LogP contribution < -0.4 is 15.1 Å².